The molecule has 33 heavy (non-hydrogen) atoms. The van der Waals surface area contributed by atoms with E-state index in [4.69, 9.17) is 9.47 Å². The van der Waals surface area contributed by atoms with E-state index < -0.39 is 40.8 Å². The van der Waals surface area contributed by atoms with Crippen LogP contribution in [0.4, 0.5) is 0 Å². The molecule has 1 rings (SSSR count). The van der Waals surface area contributed by atoms with Crippen molar-refractivity contribution in [3.63, 3.8) is 0 Å². The highest BCUT2D eigenvalue weighted by Crippen LogP contribution is 2.55. The Hall–Kier alpha value is -2.12. The first kappa shape index (κ1) is 28.9. The summed E-state index contributed by atoms with van der Waals surface area (Å²) < 4.78 is 10.8. The zero-order valence-electron chi connectivity index (χ0n) is 20.5. The van der Waals surface area contributed by atoms with Crippen LogP contribution in [0, 0.1) is 10.8 Å². The number of carboxylic acid groups (broad SMARTS) is 2. The van der Waals surface area contributed by atoms with E-state index in [1.54, 1.807) is 6.92 Å². The molecule has 0 spiro atoms. The molecule has 0 aromatic carbocycles. The van der Waals surface area contributed by atoms with Crippen LogP contribution in [0.2, 0.25) is 0 Å². The molecule has 0 amide bonds. The number of aliphatic carboxylic acids is 2. The zero-order valence-corrected chi connectivity index (χ0v) is 20.5. The molecule has 8 heteroatoms. The van der Waals surface area contributed by atoms with Gasteiger partial charge in [0.1, 0.15) is 0 Å². The Balaban J connectivity index is 2.91. The molecular formula is C25H42O8. The van der Waals surface area contributed by atoms with Crippen molar-refractivity contribution in [3.05, 3.63) is 0 Å². The summed E-state index contributed by atoms with van der Waals surface area (Å²) in [6, 6.07) is 0. The Morgan fingerprint density at radius 2 is 1.27 bits per heavy atom. The third kappa shape index (κ3) is 6.93. The van der Waals surface area contributed by atoms with Crippen LogP contribution in [-0.4, -0.2) is 46.8 Å². The molecule has 2 N–H and O–H groups in total. The van der Waals surface area contributed by atoms with Crippen LogP contribution < -0.4 is 0 Å². The van der Waals surface area contributed by atoms with Gasteiger partial charge in [-0.3, -0.25) is 19.2 Å². The zero-order chi connectivity index (χ0) is 24.9. The molecule has 1 aliphatic carbocycles. The summed E-state index contributed by atoms with van der Waals surface area (Å²) in [7, 11) is 0. The van der Waals surface area contributed by atoms with Crippen LogP contribution in [0.15, 0.2) is 0 Å². The first-order chi connectivity index (χ1) is 15.7. The van der Waals surface area contributed by atoms with Crippen molar-refractivity contribution >= 4 is 23.9 Å². The summed E-state index contributed by atoms with van der Waals surface area (Å²) in [6.45, 7) is 5.82. The first-order valence-corrected chi connectivity index (χ1v) is 12.6. The van der Waals surface area contributed by atoms with Gasteiger partial charge in [0.15, 0.2) is 10.8 Å². The van der Waals surface area contributed by atoms with Crippen molar-refractivity contribution in [3.8, 4) is 0 Å². The van der Waals surface area contributed by atoms with Crippen LogP contribution in [0.25, 0.3) is 0 Å². The predicted molar refractivity (Wildman–Crippen MR) is 123 cm³/mol. The molecule has 0 aromatic rings. The molecule has 0 radical (unpaired) electrons. The highest BCUT2D eigenvalue weighted by Gasteiger charge is 2.74. The number of hydrogen-bond donors (Lipinski definition) is 2. The van der Waals surface area contributed by atoms with Gasteiger partial charge in [0.25, 0.3) is 0 Å². The minimum absolute atomic E-state index is 0.0174. The summed E-state index contributed by atoms with van der Waals surface area (Å²) in [5, 5.41) is 19.8. The lowest BCUT2D eigenvalue weighted by atomic mass is 9.65. The van der Waals surface area contributed by atoms with Gasteiger partial charge in [-0.1, -0.05) is 71.6 Å². The lowest BCUT2D eigenvalue weighted by Gasteiger charge is -2.36. The number of unbranched alkanes of at least 4 members (excludes halogenated alkanes) is 8. The van der Waals surface area contributed by atoms with E-state index in [0.29, 0.717) is 12.8 Å². The number of carbonyl (C=O) groups excluding carboxylic acids is 2. The molecular weight excluding hydrogens is 428 g/mol. The monoisotopic (exact) mass is 470 g/mol. The third-order valence-corrected chi connectivity index (χ3v) is 6.76. The van der Waals surface area contributed by atoms with Gasteiger partial charge in [-0.05, 0) is 39.0 Å². The molecule has 0 bridgehead atoms. The standard InChI is InChI=1S/C25H42O8/c1-4-6-8-9-10-11-12-13-18-32-22(30)25(23(31)33-19(3)15-7-5-2)17-14-16-24(25,20(26)27)21(28)29/h19H,4-18H2,1-3H3,(H,26,27)(H,28,29). The van der Waals surface area contributed by atoms with Gasteiger partial charge in [-0.25, -0.2) is 0 Å². The fourth-order valence-electron chi connectivity index (χ4n) is 4.71. The van der Waals surface area contributed by atoms with Gasteiger partial charge in [0.05, 0.1) is 12.7 Å². The lowest BCUT2D eigenvalue weighted by Crippen LogP contribution is -2.59. The molecule has 190 valence electrons. The largest absolute Gasteiger partial charge is 0.480 e. The van der Waals surface area contributed by atoms with Crippen LogP contribution in [0.1, 0.15) is 111 Å². The van der Waals surface area contributed by atoms with E-state index in [2.05, 4.69) is 6.92 Å². The molecule has 1 saturated carbocycles. The highest BCUT2D eigenvalue weighted by molar-refractivity contribution is 6.14. The van der Waals surface area contributed by atoms with Crippen molar-refractivity contribution in [1.82, 2.24) is 0 Å². The molecule has 0 aromatic heterocycles. The van der Waals surface area contributed by atoms with E-state index in [1.807, 2.05) is 6.92 Å². The second-order valence-corrected chi connectivity index (χ2v) is 9.24. The minimum atomic E-state index is -2.59. The van der Waals surface area contributed by atoms with Gasteiger partial charge in [-0.15, -0.1) is 0 Å². The fraction of sp³-hybridized carbons (Fsp3) is 0.840. The van der Waals surface area contributed by atoms with Gasteiger partial charge in [0, 0.05) is 0 Å². The molecule has 1 fully saturated rings. The maximum absolute atomic E-state index is 13.2. The molecule has 8 nitrogen and oxygen atoms in total. The number of carbonyl (C=O) groups is 4. The van der Waals surface area contributed by atoms with E-state index in [-0.39, 0.29) is 25.9 Å². The number of hydrogen-bond acceptors (Lipinski definition) is 6. The average Bonchev–Trinajstić information content (AvgIpc) is 3.19. The Labute approximate surface area is 197 Å². The molecule has 1 aliphatic rings. The number of carboxylic acids is 2. The first-order valence-electron chi connectivity index (χ1n) is 12.6. The second kappa shape index (κ2) is 14.2. The number of esters is 2. The Bertz CT molecular complexity index is 645. The number of rotatable bonds is 17. The van der Waals surface area contributed by atoms with Crippen LogP contribution >= 0.6 is 0 Å². The van der Waals surface area contributed by atoms with Crippen molar-refractivity contribution in [1.29, 1.82) is 0 Å². The highest BCUT2D eigenvalue weighted by atomic mass is 16.6. The van der Waals surface area contributed by atoms with Crippen molar-refractivity contribution in [2.75, 3.05) is 6.61 Å². The van der Waals surface area contributed by atoms with E-state index in [0.717, 1.165) is 32.1 Å². The normalized spacial score (nSPS) is 20.2. The van der Waals surface area contributed by atoms with Crippen LogP contribution in [0.3, 0.4) is 0 Å². The smallest absolute Gasteiger partial charge is 0.325 e. The molecule has 2 unspecified atom stereocenters. The quantitative estimate of drug-likeness (QED) is 0.170. The van der Waals surface area contributed by atoms with Gasteiger partial charge < -0.3 is 19.7 Å². The molecule has 2 atom stereocenters. The molecule has 0 aliphatic heterocycles. The van der Waals surface area contributed by atoms with E-state index in [1.165, 1.54) is 25.7 Å². The van der Waals surface area contributed by atoms with Crippen molar-refractivity contribution in [2.24, 2.45) is 10.8 Å². The number of ether oxygens (including phenoxy) is 2. The average molecular weight is 471 g/mol. The van der Waals surface area contributed by atoms with Crippen molar-refractivity contribution < 1.29 is 38.9 Å². The Morgan fingerprint density at radius 1 is 0.758 bits per heavy atom. The summed E-state index contributed by atoms with van der Waals surface area (Å²) in [5.74, 6) is -5.63. The molecule has 0 saturated heterocycles. The van der Waals surface area contributed by atoms with Crippen LogP contribution in [-0.2, 0) is 28.7 Å². The maximum atomic E-state index is 13.2. The summed E-state index contributed by atoms with van der Waals surface area (Å²) in [5.41, 5.74) is -4.98. The van der Waals surface area contributed by atoms with Gasteiger partial charge in [-0.2, -0.15) is 0 Å². The van der Waals surface area contributed by atoms with Crippen molar-refractivity contribution in [2.45, 2.75) is 117 Å². The molecule has 0 heterocycles. The Kier molecular flexibility index (Phi) is 12.4. The summed E-state index contributed by atoms with van der Waals surface area (Å²) in [6.07, 6.45) is 9.49. The van der Waals surface area contributed by atoms with Gasteiger partial charge >= 0.3 is 23.9 Å². The Morgan fingerprint density at radius 3 is 1.82 bits per heavy atom. The topological polar surface area (TPSA) is 127 Å². The maximum Gasteiger partial charge on any atom is 0.325 e. The second-order valence-electron chi connectivity index (χ2n) is 9.24. The summed E-state index contributed by atoms with van der Waals surface area (Å²) >= 11 is 0. The lowest BCUT2D eigenvalue weighted by molar-refractivity contribution is -0.198. The minimum Gasteiger partial charge on any atom is -0.480 e. The summed E-state index contributed by atoms with van der Waals surface area (Å²) in [4.78, 5) is 50.8. The van der Waals surface area contributed by atoms with Crippen LogP contribution in [0.5, 0.6) is 0 Å². The van der Waals surface area contributed by atoms with E-state index >= 15 is 0 Å². The fourth-order valence-corrected chi connectivity index (χ4v) is 4.71. The van der Waals surface area contributed by atoms with Gasteiger partial charge in [0.2, 0.25) is 0 Å². The SMILES string of the molecule is CCCCCCCCCCOC(=O)C1(C(=O)OC(C)CCCC)CCCC1(C(=O)O)C(=O)O. The predicted octanol–water partition coefficient (Wildman–Crippen LogP) is 5.12. The van der Waals surface area contributed by atoms with E-state index in [9.17, 15) is 29.4 Å². The third-order valence-electron chi connectivity index (χ3n) is 6.76.